The molecule has 0 N–H and O–H groups in total. The van der Waals surface area contributed by atoms with E-state index in [-0.39, 0.29) is 12.2 Å². The van der Waals surface area contributed by atoms with Gasteiger partial charge in [0.15, 0.2) is 5.82 Å². The molecule has 3 atom stereocenters. The lowest BCUT2D eigenvalue weighted by Crippen LogP contribution is -2.39. The third-order valence-electron chi connectivity index (χ3n) is 4.74. The maximum absolute atomic E-state index is 5.83. The minimum atomic E-state index is -0.0689. The summed E-state index contributed by atoms with van der Waals surface area (Å²) in [6.45, 7) is 5.15. The van der Waals surface area contributed by atoms with Gasteiger partial charge in [-0.3, -0.25) is 4.57 Å². The van der Waals surface area contributed by atoms with Crippen molar-refractivity contribution in [2.45, 2.75) is 25.6 Å². The first-order valence-corrected chi connectivity index (χ1v) is 8.15. The lowest BCUT2D eigenvalue weighted by molar-refractivity contribution is 0.0250. The molecule has 0 saturated carbocycles. The molecule has 124 valence electrons. The molecular weight excluding hydrogens is 296 g/mol. The first kappa shape index (κ1) is 14.7. The molecule has 0 spiro atoms. The molecule has 2 aromatic heterocycles. The van der Waals surface area contributed by atoms with Gasteiger partial charge in [0.05, 0.1) is 19.4 Å². The molecule has 0 aromatic carbocycles. The van der Waals surface area contributed by atoms with Gasteiger partial charge in [-0.05, 0) is 24.5 Å². The zero-order chi connectivity index (χ0) is 15.8. The number of anilines is 1. The molecule has 0 radical (unpaired) electrons. The van der Waals surface area contributed by atoms with Crippen molar-refractivity contribution in [2.75, 3.05) is 31.2 Å². The van der Waals surface area contributed by atoms with E-state index in [1.807, 2.05) is 19.2 Å². The summed E-state index contributed by atoms with van der Waals surface area (Å²) in [6.07, 6.45) is 2.73. The second-order valence-corrected chi connectivity index (χ2v) is 6.30. The van der Waals surface area contributed by atoms with E-state index in [0.717, 1.165) is 37.1 Å². The molecule has 2 aliphatic heterocycles. The van der Waals surface area contributed by atoms with Crippen molar-refractivity contribution < 1.29 is 13.9 Å². The third kappa shape index (κ3) is 2.64. The zero-order valence-electron chi connectivity index (χ0n) is 13.5. The maximum atomic E-state index is 5.83. The van der Waals surface area contributed by atoms with E-state index in [1.165, 1.54) is 0 Å². The van der Waals surface area contributed by atoms with Crippen LogP contribution >= 0.6 is 0 Å². The fraction of sp³-hybridized carbons (Fsp3) is 0.625. The van der Waals surface area contributed by atoms with Crippen LogP contribution in [-0.2, 0) is 16.5 Å². The minimum absolute atomic E-state index is 0.0446. The number of morpholine rings is 1. The Morgan fingerprint density at radius 2 is 2.13 bits per heavy atom. The molecule has 2 fully saturated rings. The van der Waals surface area contributed by atoms with Gasteiger partial charge in [-0.25, -0.2) is 0 Å². The van der Waals surface area contributed by atoms with Crippen molar-refractivity contribution in [3.63, 3.8) is 0 Å². The van der Waals surface area contributed by atoms with Gasteiger partial charge < -0.3 is 18.8 Å². The van der Waals surface area contributed by atoms with Gasteiger partial charge in [-0.2, -0.15) is 0 Å². The number of rotatable bonds is 3. The molecule has 0 bridgehead atoms. The predicted molar refractivity (Wildman–Crippen MR) is 83.1 cm³/mol. The van der Waals surface area contributed by atoms with Crippen molar-refractivity contribution in [1.29, 1.82) is 0 Å². The highest BCUT2D eigenvalue weighted by molar-refractivity contribution is 5.33. The molecule has 7 heteroatoms. The molecule has 7 nitrogen and oxygen atoms in total. The van der Waals surface area contributed by atoms with Crippen LogP contribution in [0.15, 0.2) is 22.8 Å². The van der Waals surface area contributed by atoms with Crippen molar-refractivity contribution in [2.24, 2.45) is 13.0 Å². The summed E-state index contributed by atoms with van der Waals surface area (Å²) < 4.78 is 19.2. The van der Waals surface area contributed by atoms with E-state index in [1.54, 1.807) is 6.26 Å². The fourth-order valence-electron chi connectivity index (χ4n) is 3.36. The number of hydrogen-bond acceptors (Lipinski definition) is 6. The molecule has 0 aliphatic carbocycles. The van der Waals surface area contributed by atoms with E-state index in [0.29, 0.717) is 19.1 Å². The van der Waals surface area contributed by atoms with Crippen LogP contribution < -0.4 is 4.90 Å². The molecule has 1 unspecified atom stereocenters. The Morgan fingerprint density at radius 3 is 2.87 bits per heavy atom. The summed E-state index contributed by atoms with van der Waals surface area (Å²) in [6, 6.07) is 3.83. The van der Waals surface area contributed by atoms with Crippen LogP contribution in [0, 0.1) is 5.92 Å². The molecule has 2 aliphatic rings. The summed E-state index contributed by atoms with van der Waals surface area (Å²) in [5, 5.41) is 8.80. The van der Waals surface area contributed by atoms with E-state index < -0.39 is 0 Å². The second-order valence-electron chi connectivity index (χ2n) is 6.30. The summed E-state index contributed by atoms with van der Waals surface area (Å²) in [5.41, 5.74) is 0. The maximum Gasteiger partial charge on any atom is 0.227 e. The number of furan rings is 1. The quantitative estimate of drug-likeness (QED) is 0.863. The van der Waals surface area contributed by atoms with Gasteiger partial charge in [-0.1, -0.05) is 6.92 Å². The normalized spacial score (nSPS) is 28.4. The standard InChI is InChI=1S/C16H22N4O3/c1-11-5-8-23-14(11)15-17-18-16(19(15)2)20-6-9-22-13(10-20)12-4-3-7-21-12/h3-4,7,11,13-14H,5-6,8-10H2,1-2H3/t11-,13?,14+/m0/s1. The zero-order valence-corrected chi connectivity index (χ0v) is 13.5. The van der Waals surface area contributed by atoms with Crippen LogP contribution in [0.5, 0.6) is 0 Å². The van der Waals surface area contributed by atoms with Crippen LogP contribution in [-0.4, -0.2) is 41.1 Å². The van der Waals surface area contributed by atoms with E-state index in [4.69, 9.17) is 13.9 Å². The van der Waals surface area contributed by atoms with Crippen LogP contribution in [0.2, 0.25) is 0 Å². The average molecular weight is 318 g/mol. The predicted octanol–water partition coefficient (Wildman–Crippen LogP) is 2.08. The van der Waals surface area contributed by atoms with Crippen molar-refractivity contribution in [1.82, 2.24) is 14.8 Å². The monoisotopic (exact) mass is 318 g/mol. The molecule has 4 rings (SSSR count). The van der Waals surface area contributed by atoms with Crippen LogP contribution in [0.1, 0.15) is 37.1 Å². The van der Waals surface area contributed by atoms with Gasteiger partial charge in [-0.15, -0.1) is 10.2 Å². The van der Waals surface area contributed by atoms with Gasteiger partial charge >= 0.3 is 0 Å². The van der Waals surface area contributed by atoms with E-state index in [9.17, 15) is 0 Å². The highest BCUT2D eigenvalue weighted by Gasteiger charge is 2.33. The molecule has 23 heavy (non-hydrogen) atoms. The number of ether oxygens (including phenoxy) is 2. The SMILES string of the molecule is C[C@H]1CCO[C@H]1c1nnc(N2CCOC(c3ccco3)C2)n1C. The molecule has 2 aromatic rings. The smallest absolute Gasteiger partial charge is 0.227 e. The Morgan fingerprint density at radius 1 is 1.22 bits per heavy atom. The largest absolute Gasteiger partial charge is 0.467 e. The lowest BCUT2D eigenvalue weighted by Gasteiger charge is -2.32. The summed E-state index contributed by atoms with van der Waals surface area (Å²) >= 11 is 0. The van der Waals surface area contributed by atoms with Crippen LogP contribution in [0.3, 0.4) is 0 Å². The Kier molecular flexibility index (Phi) is 3.82. The molecule has 2 saturated heterocycles. The van der Waals surface area contributed by atoms with Gasteiger partial charge in [0.25, 0.3) is 0 Å². The van der Waals surface area contributed by atoms with Gasteiger partial charge in [0.1, 0.15) is 18.0 Å². The lowest BCUT2D eigenvalue weighted by atomic mass is 10.0. The Balaban J connectivity index is 1.55. The average Bonchev–Trinajstić information content (AvgIpc) is 3.29. The molecule has 0 amide bonds. The summed E-state index contributed by atoms with van der Waals surface area (Å²) in [7, 11) is 2.01. The first-order chi connectivity index (χ1) is 11.2. The van der Waals surface area contributed by atoms with Gasteiger partial charge in [0.2, 0.25) is 5.95 Å². The fourth-order valence-corrected chi connectivity index (χ4v) is 3.36. The first-order valence-electron chi connectivity index (χ1n) is 8.15. The van der Waals surface area contributed by atoms with Crippen LogP contribution in [0.25, 0.3) is 0 Å². The van der Waals surface area contributed by atoms with Gasteiger partial charge in [0, 0.05) is 20.2 Å². The Bertz CT molecular complexity index is 654. The topological polar surface area (TPSA) is 65.6 Å². The van der Waals surface area contributed by atoms with Crippen molar-refractivity contribution >= 4 is 5.95 Å². The summed E-state index contributed by atoms with van der Waals surface area (Å²) in [4.78, 5) is 2.20. The molecule has 4 heterocycles. The minimum Gasteiger partial charge on any atom is -0.467 e. The highest BCUT2D eigenvalue weighted by Crippen LogP contribution is 2.34. The number of hydrogen-bond donors (Lipinski definition) is 0. The Hall–Kier alpha value is -1.86. The van der Waals surface area contributed by atoms with E-state index >= 15 is 0 Å². The van der Waals surface area contributed by atoms with Crippen molar-refractivity contribution in [3.05, 3.63) is 30.0 Å². The Labute approximate surface area is 135 Å². The second kappa shape index (κ2) is 5.98. The van der Waals surface area contributed by atoms with Crippen molar-refractivity contribution in [3.8, 4) is 0 Å². The number of aromatic nitrogens is 3. The summed E-state index contributed by atoms with van der Waals surface area (Å²) in [5.74, 6) is 3.10. The highest BCUT2D eigenvalue weighted by atomic mass is 16.5. The molecular formula is C16H22N4O3. The van der Waals surface area contributed by atoms with E-state index in [2.05, 4.69) is 26.6 Å². The third-order valence-corrected chi connectivity index (χ3v) is 4.74. The van der Waals surface area contributed by atoms with Crippen LogP contribution in [0.4, 0.5) is 5.95 Å². The number of nitrogens with zero attached hydrogens (tertiary/aromatic N) is 4.